The Morgan fingerprint density at radius 2 is 2.19 bits per heavy atom. The van der Waals surface area contributed by atoms with Gasteiger partial charge in [0.1, 0.15) is 0 Å². The van der Waals surface area contributed by atoms with Crippen molar-refractivity contribution < 1.29 is 4.79 Å². The fourth-order valence-electron chi connectivity index (χ4n) is 2.35. The number of fused-ring (bicyclic) bond motifs is 1. The maximum absolute atomic E-state index is 11.6. The van der Waals surface area contributed by atoms with E-state index in [1.54, 1.807) is 12.4 Å². The zero-order chi connectivity index (χ0) is 14.7. The van der Waals surface area contributed by atoms with Crippen molar-refractivity contribution in [3.8, 4) is 0 Å². The Bertz CT molecular complexity index is 652. The van der Waals surface area contributed by atoms with Crippen molar-refractivity contribution in [3.05, 3.63) is 30.6 Å². The lowest BCUT2D eigenvalue weighted by molar-refractivity contribution is -0.121. The summed E-state index contributed by atoms with van der Waals surface area (Å²) < 4.78 is 0. The molecule has 0 bridgehead atoms. The van der Waals surface area contributed by atoms with E-state index >= 15 is 0 Å². The van der Waals surface area contributed by atoms with Crippen molar-refractivity contribution in [1.82, 2.24) is 10.3 Å². The highest BCUT2D eigenvalue weighted by Gasteiger charge is 2.22. The lowest BCUT2D eigenvalue weighted by atomic mass is 10.1. The number of nitrogens with two attached hydrogens (primary N) is 1. The topological polar surface area (TPSA) is 80.0 Å². The molecule has 1 heterocycles. The molecule has 1 aromatic heterocycles. The number of anilines is 2. The van der Waals surface area contributed by atoms with E-state index in [1.807, 2.05) is 18.2 Å². The van der Waals surface area contributed by atoms with Gasteiger partial charge in [0.05, 0.1) is 11.4 Å². The number of carbonyl (C=O) groups is 1. The first kappa shape index (κ1) is 13.7. The Kier molecular flexibility index (Phi) is 3.90. The largest absolute Gasteiger partial charge is 0.397 e. The Labute approximate surface area is 123 Å². The van der Waals surface area contributed by atoms with Crippen molar-refractivity contribution in [2.75, 3.05) is 17.6 Å². The summed E-state index contributed by atoms with van der Waals surface area (Å²) in [5.74, 6) is 0.150. The van der Waals surface area contributed by atoms with Crippen LogP contribution in [0.4, 0.5) is 11.4 Å². The average Bonchev–Trinajstić information content (AvgIpc) is 3.30. The van der Waals surface area contributed by atoms with E-state index in [0.717, 1.165) is 48.0 Å². The zero-order valence-corrected chi connectivity index (χ0v) is 11.9. The van der Waals surface area contributed by atoms with Gasteiger partial charge in [-0.1, -0.05) is 6.07 Å². The average molecular weight is 284 g/mol. The van der Waals surface area contributed by atoms with Crippen LogP contribution in [0.15, 0.2) is 30.6 Å². The van der Waals surface area contributed by atoms with E-state index in [4.69, 9.17) is 5.73 Å². The zero-order valence-electron chi connectivity index (χ0n) is 11.9. The third-order valence-electron chi connectivity index (χ3n) is 3.70. The Morgan fingerprint density at radius 3 is 3.00 bits per heavy atom. The number of nitrogens with zero attached hydrogens (tertiary/aromatic N) is 1. The molecule has 1 aliphatic carbocycles. The van der Waals surface area contributed by atoms with Gasteiger partial charge in [0, 0.05) is 42.2 Å². The highest BCUT2D eigenvalue weighted by Crippen LogP contribution is 2.27. The van der Waals surface area contributed by atoms with Gasteiger partial charge in [-0.2, -0.15) is 0 Å². The highest BCUT2D eigenvalue weighted by atomic mass is 16.1. The van der Waals surface area contributed by atoms with Crippen LogP contribution in [0, 0.1) is 0 Å². The lowest BCUT2D eigenvalue weighted by Crippen LogP contribution is -2.25. The molecular weight excluding hydrogens is 264 g/mol. The number of rotatable bonds is 6. The van der Waals surface area contributed by atoms with Crippen molar-refractivity contribution in [1.29, 1.82) is 0 Å². The summed E-state index contributed by atoms with van der Waals surface area (Å²) in [7, 11) is 0. The summed E-state index contributed by atoms with van der Waals surface area (Å²) in [6.07, 6.45) is 7.16. The number of carbonyl (C=O) groups excluding carboxylic acids is 1. The minimum atomic E-state index is 0.150. The Morgan fingerprint density at radius 1 is 1.33 bits per heavy atom. The van der Waals surface area contributed by atoms with Gasteiger partial charge in [-0.05, 0) is 31.4 Å². The molecule has 0 spiro atoms. The van der Waals surface area contributed by atoms with E-state index in [1.165, 1.54) is 0 Å². The smallest absolute Gasteiger partial charge is 0.220 e. The summed E-state index contributed by atoms with van der Waals surface area (Å²) in [6.45, 7) is 0.735. The number of hydrogen-bond acceptors (Lipinski definition) is 4. The molecule has 0 radical (unpaired) electrons. The second-order valence-electron chi connectivity index (χ2n) is 5.50. The van der Waals surface area contributed by atoms with Gasteiger partial charge < -0.3 is 16.4 Å². The normalized spacial score (nSPS) is 14.1. The van der Waals surface area contributed by atoms with Gasteiger partial charge in [-0.15, -0.1) is 0 Å². The van der Waals surface area contributed by atoms with Gasteiger partial charge in [-0.3, -0.25) is 9.78 Å². The first-order valence-corrected chi connectivity index (χ1v) is 7.39. The molecule has 0 aliphatic heterocycles. The summed E-state index contributed by atoms with van der Waals surface area (Å²) in [5, 5.41) is 8.33. The summed E-state index contributed by atoms with van der Waals surface area (Å²) in [6, 6.07) is 6.32. The van der Waals surface area contributed by atoms with Gasteiger partial charge in [0.2, 0.25) is 5.91 Å². The fourth-order valence-corrected chi connectivity index (χ4v) is 2.35. The number of aromatic nitrogens is 1. The van der Waals surface area contributed by atoms with E-state index in [2.05, 4.69) is 15.6 Å². The van der Waals surface area contributed by atoms with E-state index in [0.29, 0.717) is 12.5 Å². The molecule has 3 rings (SSSR count). The molecule has 1 saturated carbocycles. The molecule has 5 heteroatoms. The minimum absolute atomic E-state index is 0.150. The minimum Gasteiger partial charge on any atom is -0.397 e. The first-order chi connectivity index (χ1) is 10.2. The third kappa shape index (κ3) is 3.42. The molecule has 1 amide bonds. The molecule has 1 aliphatic rings. The molecule has 5 nitrogen and oxygen atoms in total. The maximum Gasteiger partial charge on any atom is 0.220 e. The predicted molar refractivity (Wildman–Crippen MR) is 85.0 cm³/mol. The molecule has 2 aromatic rings. The van der Waals surface area contributed by atoms with E-state index in [9.17, 15) is 4.79 Å². The van der Waals surface area contributed by atoms with Crippen LogP contribution in [-0.4, -0.2) is 23.5 Å². The summed E-state index contributed by atoms with van der Waals surface area (Å²) in [5.41, 5.74) is 7.81. The number of nitrogens with one attached hydrogen (secondary N) is 2. The number of amides is 1. The van der Waals surface area contributed by atoms with Crippen LogP contribution in [-0.2, 0) is 4.79 Å². The van der Waals surface area contributed by atoms with E-state index < -0.39 is 0 Å². The van der Waals surface area contributed by atoms with Crippen LogP contribution in [0.3, 0.4) is 0 Å². The Balaban J connectivity index is 1.53. The third-order valence-corrected chi connectivity index (χ3v) is 3.70. The molecule has 21 heavy (non-hydrogen) atoms. The molecule has 4 N–H and O–H groups in total. The molecule has 110 valence electrons. The molecule has 0 atom stereocenters. The van der Waals surface area contributed by atoms with Crippen molar-refractivity contribution in [2.24, 2.45) is 0 Å². The van der Waals surface area contributed by atoms with Crippen LogP contribution in [0.25, 0.3) is 10.8 Å². The monoisotopic (exact) mass is 284 g/mol. The summed E-state index contributed by atoms with van der Waals surface area (Å²) in [4.78, 5) is 15.7. The number of nitrogen functional groups attached to an aromatic ring is 1. The van der Waals surface area contributed by atoms with Crippen LogP contribution >= 0.6 is 0 Å². The second-order valence-corrected chi connectivity index (χ2v) is 5.50. The van der Waals surface area contributed by atoms with Gasteiger partial charge in [-0.25, -0.2) is 0 Å². The maximum atomic E-state index is 11.6. The van der Waals surface area contributed by atoms with Crippen LogP contribution in [0.5, 0.6) is 0 Å². The first-order valence-electron chi connectivity index (χ1n) is 7.39. The van der Waals surface area contributed by atoms with E-state index in [-0.39, 0.29) is 5.91 Å². The lowest BCUT2D eigenvalue weighted by Gasteiger charge is -2.11. The number of hydrogen-bond donors (Lipinski definition) is 3. The molecular formula is C16H20N4O. The quantitative estimate of drug-likeness (QED) is 0.561. The van der Waals surface area contributed by atoms with Crippen LogP contribution in [0.1, 0.15) is 25.7 Å². The van der Waals surface area contributed by atoms with Crippen molar-refractivity contribution >= 4 is 28.1 Å². The molecule has 0 saturated heterocycles. The second kappa shape index (κ2) is 5.99. The Hall–Kier alpha value is -2.30. The molecule has 1 aromatic carbocycles. The molecule has 1 fully saturated rings. The highest BCUT2D eigenvalue weighted by molar-refractivity contribution is 5.98. The van der Waals surface area contributed by atoms with Gasteiger partial charge in [0.15, 0.2) is 0 Å². The number of pyridine rings is 1. The number of benzene rings is 1. The predicted octanol–water partition coefficient (Wildman–Crippen LogP) is 2.29. The van der Waals surface area contributed by atoms with Crippen molar-refractivity contribution in [2.45, 2.75) is 31.7 Å². The van der Waals surface area contributed by atoms with Crippen molar-refractivity contribution in [3.63, 3.8) is 0 Å². The standard InChI is InChI=1S/C16H20N4O/c17-16-13-7-9-18-10-11(13)3-6-14(16)19-8-1-2-15(21)20-12-4-5-12/h3,6-7,9-10,12,19H,1-2,4-5,8,17H2,(H,20,21). The van der Waals surface area contributed by atoms with Gasteiger partial charge >= 0.3 is 0 Å². The van der Waals surface area contributed by atoms with Crippen LogP contribution in [0.2, 0.25) is 0 Å². The van der Waals surface area contributed by atoms with Crippen LogP contribution < -0.4 is 16.4 Å². The SMILES string of the molecule is Nc1c(NCCCC(=O)NC2CC2)ccc2cnccc12. The van der Waals surface area contributed by atoms with Gasteiger partial charge in [0.25, 0.3) is 0 Å². The summed E-state index contributed by atoms with van der Waals surface area (Å²) >= 11 is 0. The fraction of sp³-hybridized carbons (Fsp3) is 0.375. The molecule has 0 unspecified atom stereocenters.